The van der Waals surface area contributed by atoms with Crippen molar-refractivity contribution in [2.24, 2.45) is 0 Å². The minimum atomic E-state index is -0.179. The Kier molecular flexibility index (Phi) is 5.43. The number of benzene rings is 1. The molecule has 126 valence electrons. The highest BCUT2D eigenvalue weighted by Gasteiger charge is 2.19. The van der Waals surface area contributed by atoms with Crippen molar-refractivity contribution >= 4 is 11.7 Å². The summed E-state index contributed by atoms with van der Waals surface area (Å²) in [6, 6.07) is 15.5. The molecule has 0 atom stereocenters. The number of rotatable bonds is 5. The standard InChI is InChI=1S/C19H23N3O2/c23-16-11-9-15(10-12-16)21-18-8-4-7-17(22-18)19(24)20-13-14-5-2-1-3-6-14/h1-8,15-16,23H,9-13H2,(H,20,24)(H,21,22). The molecule has 0 spiro atoms. The van der Waals surface area contributed by atoms with Gasteiger partial charge in [-0.2, -0.15) is 0 Å². The minimum absolute atomic E-state index is 0.175. The summed E-state index contributed by atoms with van der Waals surface area (Å²) in [5.41, 5.74) is 1.47. The van der Waals surface area contributed by atoms with Crippen LogP contribution < -0.4 is 10.6 Å². The molecule has 24 heavy (non-hydrogen) atoms. The zero-order chi connectivity index (χ0) is 16.8. The molecule has 1 saturated carbocycles. The van der Waals surface area contributed by atoms with E-state index in [9.17, 15) is 9.90 Å². The molecule has 5 heteroatoms. The first-order valence-electron chi connectivity index (χ1n) is 8.44. The summed E-state index contributed by atoms with van der Waals surface area (Å²) in [7, 11) is 0. The molecule has 0 bridgehead atoms. The third-order valence-electron chi connectivity index (χ3n) is 4.33. The number of nitrogens with one attached hydrogen (secondary N) is 2. The van der Waals surface area contributed by atoms with Gasteiger partial charge >= 0.3 is 0 Å². The van der Waals surface area contributed by atoms with E-state index in [2.05, 4.69) is 15.6 Å². The quantitative estimate of drug-likeness (QED) is 0.790. The van der Waals surface area contributed by atoms with Gasteiger partial charge < -0.3 is 15.7 Å². The van der Waals surface area contributed by atoms with Gasteiger partial charge in [0.05, 0.1) is 6.10 Å². The maximum atomic E-state index is 12.3. The van der Waals surface area contributed by atoms with E-state index in [1.807, 2.05) is 42.5 Å². The monoisotopic (exact) mass is 325 g/mol. The van der Waals surface area contributed by atoms with Crippen molar-refractivity contribution in [3.05, 3.63) is 59.8 Å². The molecule has 2 aromatic rings. The van der Waals surface area contributed by atoms with Crippen LogP contribution in [0.3, 0.4) is 0 Å². The van der Waals surface area contributed by atoms with Crippen LogP contribution in [0.4, 0.5) is 5.82 Å². The van der Waals surface area contributed by atoms with Crippen molar-refractivity contribution in [2.75, 3.05) is 5.32 Å². The fourth-order valence-electron chi connectivity index (χ4n) is 2.94. The van der Waals surface area contributed by atoms with Gasteiger partial charge in [0.1, 0.15) is 11.5 Å². The van der Waals surface area contributed by atoms with Crippen molar-refractivity contribution in [3.63, 3.8) is 0 Å². The summed E-state index contributed by atoms with van der Waals surface area (Å²) in [5.74, 6) is 0.533. The molecule has 1 aliphatic rings. The second-order valence-corrected chi connectivity index (χ2v) is 6.23. The molecular weight excluding hydrogens is 302 g/mol. The lowest BCUT2D eigenvalue weighted by atomic mass is 9.93. The normalized spacial score (nSPS) is 20.4. The smallest absolute Gasteiger partial charge is 0.270 e. The largest absolute Gasteiger partial charge is 0.393 e. The molecule has 3 rings (SSSR count). The lowest BCUT2D eigenvalue weighted by Crippen LogP contribution is -2.29. The van der Waals surface area contributed by atoms with Gasteiger partial charge in [-0.05, 0) is 43.4 Å². The number of hydrogen-bond acceptors (Lipinski definition) is 4. The molecule has 1 aromatic heterocycles. The SMILES string of the molecule is O=C(NCc1ccccc1)c1cccc(NC2CCC(O)CC2)n1. The van der Waals surface area contributed by atoms with Gasteiger partial charge in [-0.15, -0.1) is 0 Å². The van der Waals surface area contributed by atoms with E-state index in [4.69, 9.17) is 0 Å². The Bertz CT molecular complexity index is 667. The van der Waals surface area contributed by atoms with Crippen molar-refractivity contribution in [1.82, 2.24) is 10.3 Å². The number of nitrogens with zero attached hydrogens (tertiary/aromatic N) is 1. The van der Waals surface area contributed by atoms with Gasteiger partial charge in [0.2, 0.25) is 0 Å². The number of anilines is 1. The summed E-state index contributed by atoms with van der Waals surface area (Å²) in [6.45, 7) is 0.486. The van der Waals surface area contributed by atoms with Crippen molar-refractivity contribution in [3.8, 4) is 0 Å². The van der Waals surface area contributed by atoms with Gasteiger partial charge in [0.15, 0.2) is 0 Å². The average Bonchev–Trinajstić information content (AvgIpc) is 2.63. The molecular formula is C19H23N3O2. The molecule has 1 aromatic carbocycles. The van der Waals surface area contributed by atoms with Crippen LogP contribution in [0.15, 0.2) is 48.5 Å². The lowest BCUT2D eigenvalue weighted by Gasteiger charge is -2.26. The van der Waals surface area contributed by atoms with Crippen LogP contribution in [0, 0.1) is 0 Å². The van der Waals surface area contributed by atoms with Crippen LogP contribution in [0.25, 0.3) is 0 Å². The first-order valence-corrected chi connectivity index (χ1v) is 8.44. The van der Waals surface area contributed by atoms with E-state index in [0.29, 0.717) is 24.1 Å². The van der Waals surface area contributed by atoms with Gasteiger partial charge in [-0.25, -0.2) is 4.98 Å². The van der Waals surface area contributed by atoms with Crippen molar-refractivity contribution < 1.29 is 9.90 Å². The minimum Gasteiger partial charge on any atom is -0.393 e. The number of pyridine rings is 1. The number of hydrogen-bond donors (Lipinski definition) is 3. The molecule has 0 saturated heterocycles. The van der Waals surface area contributed by atoms with Crippen LogP contribution in [0.2, 0.25) is 0 Å². The van der Waals surface area contributed by atoms with E-state index in [0.717, 1.165) is 31.2 Å². The predicted octanol–water partition coefficient (Wildman–Crippen LogP) is 2.73. The Balaban J connectivity index is 1.57. The molecule has 0 radical (unpaired) electrons. The Morgan fingerprint density at radius 1 is 1.04 bits per heavy atom. The van der Waals surface area contributed by atoms with Gasteiger partial charge in [0.25, 0.3) is 5.91 Å². The van der Waals surface area contributed by atoms with Gasteiger partial charge in [-0.1, -0.05) is 36.4 Å². The van der Waals surface area contributed by atoms with Crippen molar-refractivity contribution in [1.29, 1.82) is 0 Å². The molecule has 5 nitrogen and oxygen atoms in total. The maximum absolute atomic E-state index is 12.3. The number of aromatic nitrogens is 1. The second kappa shape index (κ2) is 7.93. The third kappa shape index (κ3) is 4.55. The summed E-state index contributed by atoms with van der Waals surface area (Å²) in [6.07, 6.45) is 3.30. The van der Waals surface area contributed by atoms with Crippen LogP contribution in [-0.2, 0) is 6.54 Å². The fourth-order valence-corrected chi connectivity index (χ4v) is 2.94. The molecule has 1 amide bonds. The predicted molar refractivity (Wildman–Crippen MR) is 93.7 cm³/mol. The topological polar surface area (TPSA) is 74.2 Å². The van der Waals surface area contributed by atoms with E-state index >= 15 is 0 Å². The highest BCUT2D eigenvalue weighted by atomic mass is 16.3. The Morgan fingerprint density at radius 3 is 2.54 bits per heavy atom. The van der Waals surface area contributed by atoms with Crippen molar-refractivity contribution in [2.45, 2.75) is 44.4 Å². The number of aliphatic hydroxyl groups is 1. The van der Waals surface area contributed by atoms with E-state index in [-0.39, 0.29) is 12.0 Å². The molecule has 0 unspecified atom stereocenters. The van der Waals surface area contributed by atoms with E-state index in [1.54, 1.807) is 6.07 Å². The van der Waals surface area contributed by atoms with Gasteiger partial charge in [0, 0.05) is 12.6 Å². The third-order valence-corrected chi connectivity index (χ3v) is 4.33. The maximum Gasteiger partial charge on any atom is 0.270 e. The van der Waals surface area contributed by atoms with Crippen LogP contribution >= 0.6 is 0 Å². The summed E-state index contributed by atoms with van der Waals surface area (Å²) in [4.78, 5) is 16.7. The Hall–Kier alpha value is -2.40. The van der Waals surface area contributed by atoms with Gasteiger partial charge in [-0.3, -0.25) is 4.79 Å². The molecule has 3 N–H and O–H groups in total. The van der Waals surface area contributed by atoms with E-state index in [1.165, 1.54) is 0 Å². The number of amides is 1. The van der Waals surface area contributed by atoms with Crippen LogP contribution in [-0.4, -0.2) is 28.1 Å². The first kappa shape index (κ1) is 16.5. The first-order chi connectivity index (χ1) is 11.7. The van der Waals surface area contributed by atoms with E-state index < -0.39 is 0 Å². The lowest BCUT2D eigenvalue weighted by molar-refractivity contribution is 0.0946. The molecule has 1 fully saturated rings. The molecule has 0 aliphatic heterocycles. The summed E-state index contributed by atoms with van der Waals surface area (Å²) >= 11 is 0. The number of carbonyl (C=O) groups excluding carboxylic acids is 1. The average molecular weight is 325 g/mol. The molecule has 1 aliphatic carbocycles. The fraction of sp³-hybridized carbons (Fsp3) is 0.368. The highest BCUT2D eigenvalue weighted by molar-refractivity contribution is 5.92. The zero-order valence-electron chi connectivity index (χ0n) is 13.6. The summed E-state index contributed by atoms with van der Waals surface area (Å²) < 4.78 is 0. The summed E-state index contributed by atoms with van der Waals surface area (Å²) in [5, 5.41) is 15.8. The number of aliphatic hydroxyl groups excluding tert-OH is 1. The highest BCUT2D eigenvalue weighted by Crippen LogP contribution is 2.21. The Morgan fingerprint density at radius 2 is 1.79 bits per heavy atom. The Labute approximate surface area is 142 Å². The van der Waals surface area contributed by atoms with Crippen LogP contribution in [0.1, 0.15) is 41.7 Å². The second-order valence-electron chi connectivity index (χ2n) is 6.23. The zero-order valence-corrected chi connectivity index (χ0v) is 13.6. The molecule has 1 heterocycles. The van der Waals surface area contributed by atoms with Crippen LogP contribution in [0.5, 0.6) is 0 Å². The number of carbonyl (C=O) groups is 1.